The summed E-state index contributed by atoms with van der Waals surface area (Å²) in [6.45, 7) is 18.3. The maximum absolute atomic E-state index is 10.7. The fraction of sp³-hybridized carbons (Fsp3) is 0.385. The molecule has 0 aliphatic heterocycles. The van der Waals surface area contributed by atoms with Crippen LogP contribution < -0.4 is 5.69 Å². The molecule has 0 spiro atoms. The molecule has 17 aromatic rings. The Labute approximate surface area is 775 Å². The lowest BCUT2D eigenvalue weighted by Crippen LogP contribution is -2.18. The zero-order chi connectivity index (χ0) is 80.5. The van der Waals surface area contributed by atoms with E-state index >= 15 is 0 Å². The highest BCUT2D eigenvalue weighted by Gasteiger charge is 1.94. The monoisotopic (exact) mass is 1790 g/mol. The van der Waals surface area contributed by atoms with Gasteiger partial charge in [-0.2, -0.15) is 20.4 Å². The first-order chi connectivity index (χ1) is 52.4. The van der Waals surface area contributed by atoms with Crippen LogP contribution in [-0.2, 0) is 77.5 Å². The van der Waals surface area contributed by atoms with E-state index in [2.05, 4.69) is 150 Å². The lowest BCUT2D eigenvalue weighted by Gasteiger charge is -1.93. The third-order valence-electron chi connectivity index (χ3n) is 13.4. The van der Waals surface area contributed by atoms with Crippen LogP contribution >= 0.6 is 22.7 Å². The average Bonchev–Trinajstić information content (AvgIpc) is 1.77. The molecule has 0 saturated heterocycles. The first-order valence-corrected chi connectivity index (χ1v) is 35.5. The summed E-state index contributed by atoms with van der Waals surface area (Å²) in [5, 5.41) is 28.7. The topological polar surface area (TPSA) is 278 Å². The molecule has 0 aliphatic carbocycles. The normalized spacial score (nSPS) is 7.75. The van der Waals surface area contributed by atoms with E-state index in [0.29, 0.717) is 0 Å². The maximum atomic E-state index is 10.7. The van der Waals surface area contributed by atoms with Crippen molar-refractivity contribution in [2.24, 2.45) is 77.5 Å². The lowest BCUT2D eigenvalue weighted by molar-refractivity contribution is 0.534. The van der Waals surface area contributed by atoms with Crippen molar-refractivity contribution < 1.29 is 8.83 Å². The SMILES string of the molecule is C.C.C.C.C.C.C.C.C.C.C.C.C.C.C.C.C.Cc1ccco1.Cc1ccn(C)c1C.Cc1ccn(C)c1C.Cc1nccn1C.Cc1nccn1C.Cc1nccs1.Cc1nccs1.Cn1cccn1.Cn1cccn1.Cn1cccn1.Cn1cccn1.Cn1ccn(C)c1=O.Cn1ccnn1.c1ccncc1.c1ccncc1.c1ccncc1.c1cocn1. The molecule has 0 radical (unpaired) electrons. The number of rotatable bonds is 0. The molecule has 0 aliphatic rings. The molecule has 126 heavy (non-hydrogen) atoms. The smallest absolute Gasteiger partial charge is 0.327 e. The van der Waals surface area contributed by atoms with E-state index in [-0.39, 0.29) is 132 Å². The van der Waals surface area contributed by atoms with Gasteiger partial charge in [0.25, 0.3) is 0 Å². The molecule has 0 saturated carbocycles. The zero-order valence-electron chi connectivity index (χ0n) is 66.5. The summed E-state index contributed by atoms with van der Waals surface area (Å²) in [6, 6.07) is 32.7. The molecule has 17 rings (SSSR count). The van der Waals surface area contributed by atoms with Crippen LogP contribution in [0, 0.1) is 62.3 Å². The van der Waals surface area contributed by atoms with E-state index < -0.39 is 0 Å². The van der Waals surface area contributed by atoms with Gasteiger partial charge in [-0.05, 0) is 158 Å². The van der Waals surface area contributed by atoms with Gasteiger partial charge in [0.15, 0.2) is 6.39 Å². The van der Waals surface area contributed by atoms with Crippen LogP contribution in [0.4, 0.5) is 0 Å². The summed E-state index contributed by atoms with van der Waals surface area (Å²) < 4.78 is 29.2. The Hall–Kier alpha value is -12.8. The predicted molar refractivity (Wildman–Crippen MR) is 551 cm³/mol. The van der Waals surface area contributed by atoms with Crippen molar-refractivity contribution in [2.75, 3.05) is 0 Å². The van der Waals surface area contributed by atoms with Gasteiger partial charge >= 0.3 is 5.69 Å². The van der Waals surface area contributed by atoms with Gasteiger partial charge in [0.1, 0.15) is 23.7 Å². The van der Waals surface area contributed by atoms with Crippen molar-refractivity contribution in [3.63, 3.8) is 0 Å². The van der Waals surface area contributed by atoms with E-state index in [1.807, 2.05) is 232 Å². The molecule has 17 aromatic heterocycles. The van der Waals surface area contributed by atoms with Crippen LogP contribution in [0.15, 0.2) is 314 Å². The molecular formula is C96H177N25O3S2. The highest BCUT2D eigenvalue weighted by Crippen LogP contribution is 2.06. The third-order valence-corrected chi connectivity index (χ3v) is 14.9. The molecule has 17 heterocycles. The van der Waals surface area contributed by atoms with E-state index in [1.54, 1.807) is 184 Å². The van der Waals surface area contributed by atoms with Crippen LogP contribution in [0.5, 0.6) is 0 Å². The molecule has 716 valence electrons. The van der Waals surface area contributed by atoms with Crippen molar-refractivity contribution in [3.05, 3.63) is 361 Å². The summed E-state index contributed by atoms with van der Waals surface area (Å²) in [5.41, 5.74) is 5.46. The first-order valence-electron chi connectivity index (χ1n) is 33.8. The Morgan fingerprint density at radius 1 is 0.278 bits per heavy atom. The molecule has 0 amide bonds. The van der Waals surface area contributed by atoms with Gasteiger partial charge in [0, 0.05) is 255 Å². The largest absolute Gasteiger partial charge is 0.470 e. The molecule has 0 atom stereocenters. The molecule has 28 nitrogen and oxygen atoms in total. The van der Waals surface area contributed by atoms with Crippen LogP contribution in [-0.4, -0.2) is 121 Å². The second kappa shape index (κ2) is 101. The molecule has 0 N–H and O–H groups in total. The molecule has 0 aromatic carbocycles. The van der Waals surface area contributed by atoms with Crippen LogP contribution in [0.2, 0.25) is 0 Å². The third kappa shape index (κ3) is 86.1. The summed E-state index contributed by atoms with van der Waals surface area (Å²) in [4.78, 5) is 41.4. The van der Waals surface area contributed by atoms with E-state index in [1.165, 1.54) is 44.3 Å². The summed E-state index contributed by atoms with van der Waals surface area (Å²) in [7, 11) is 20.9. The van der Waals surface area contributed by atoms with E-state index in [4.69, 9.17) is 4.42 Å². The highest BCUT2D eigenvalue weighted by atomic mass is 32.1. The predicted octanol–water partition coefficient (Wildman–Crippen LogP) is 25.2. The molecular weight excluding hydrogens is 1620 g/mol. The van der Waals surface area contributed by atoms with Crippen molar-refractivity contribution in [2.45, 2.75) is 189 Å². The maximum Gasteiger partial charge on any atom is 0.327 e. The number of hydrogen-bond acceptors (Lipinski definition) is 19. The molecule has 30 heteroatoms. The van der Waals surface area contributed by atoms with Crippen LogP contribution in [0.25, 0.3) is 0 Å². The second-order valence-electron chi connectivity index (χ2n) is 22.2. The number of oxazole rings is 1. The summed E-state index contributed by atoms with van der Waals surface area (Å²) >= 11 is 3.33. The number of pyridine rings is 3. The number of aromatic nitrogens is 25. The number of furan rings is 1. The van der Waals surface area contributed by atoms with Gasteiger partial charge in [-0.3, -0.25) is 48.3 Å². The first kappa shape index (κ1) is 154. The second-order valence-corrected chi connectivity index (χ2v) is 24.4. The number of hydrogen-bond donors (Lipinski definition) is 0. The quantitative estimate of drug-likeness (QED) is 0.136. The van der Waals surface area contributed by atoms with Crippen LogP contribution in [0.3, 0.4) is 0 Å². The Bertz CT molecular complexity index is 3890. The van der Waals surface area contributed by atoms with E-state index in [0.717, 1.165) is 27.4 Å². The Balaban J connectivity index is -0.0000000663. The number of imidazole rings is 3. The molecule has 0 fully saturated rings. The minimum Gasteiger partial charge on any atom is -0.470 e. The fourth-order valence-corrected chi connectivity index (χ4v) is 7.52. The number of aryl methyl sites for hydroxylation is 18. The molecule has 0 bridgehead atoms. The summed E-state index contributed by atoms with van der Waals surface area (Å²) in [5.74, 6) is 3.08. The van der Waals surface area contributed by atoms with Crippen molar-refractivity contribution in [1.82, 2.24) is 121 Å². The van der Waals surface area contributed by atoms with Crippen molar-refractivity contribution in [1.29, 1.82) is 0 Å². The summed E-state index contributed by atoms with van der Waals surface area (Å²) in [6.07, 6.45) is 53.2. The van der Waals surface area contributed by atoms with Crippen LogP contribution in [0.1, 0.15) is 176 Å². The van der Waals surface area contributed by atoms with Gasteiger partial charge in [0.05, 0.1) is 28.7 Å². The van der Waals surface area contributed by atoms with Gasteiger partial charge in [-0.25, -0.2) is 19.7 Å². The van der Waals surface area contributed by atoms with Crippen molar-refractivity contribution >= 4 is 22.7 Å². The molecule has 0 unspecified atom stereocenters. The standard InChI is InChI=1S/2C7H11N.C5H8N2O.2C5H8N2.3C5H5N.C5H6O.4C4H6N2.2C4H5NS.C3H5N3.C3H3NO.17CH4/c2*1-6-4-5-8(3)7(6)2;1-6-3-4-7(2)5(6)8;2*1-5-6-3-4-7(5)2;3*1-2-4-6-5-3-1;1-5-3-2-4-6-5;4*1-6-4-2-3-5-6;2*1-4-5-2-3-6-4;1-6-3-2-4-5-6;1-2-5-3-4-1;;;;;;;;;;;;;;;;;/h2*4-5H,1-3H3;3-4H,1-2H3;2*3-4H,1-2H3;3*1-5H;5*2-4H,1H3;3*2-3H,1H3;1-3H;17*1H4. The van der Waals surface area contributed by atoms with Gasteiger partial charge in [0.2, 0.25) is 0 Å². The van der Waals surface area contributed by atoms with Gasteiger partial charge in [-0.15, -0.1) is 27.8 Å². The van der Waals surface area contributed by atoms with E-state index in [9.17, 15) is 4.79 Å². The number of thiazole rings is 2. The number of nitrogens with zero attached hydrogens (tertiary/aromatic N) is 25. The fourth-order valence-electron chi connectivity index (χ4n) is 6.64. The average molecular weight is 1790 g/mol. The minimum absolute atomic E-state index is 0. The highest BCUT2D eigenvalue weighted by molar-refractivity contribution is 7.09. The Morgan fingerprint density at radius 2 is 0.611 bits per heavy atom. The zero-order valence-corrected chi connectivity index (χ0v) is 68.1. The minimum atomic E-state index is 0. The van der Waals surface area contributed by atoms with Crippen molar-refractivity contribution in [3.8, 4) is 0 Å². The van der Waals surface area contributed by atoms with Gasteiger partial charge < -0.3 is 36.2 Å². The Kier molecular flexibility index (Phi) is 123. The lowest BCUT2D eigenvalue weighted by atomic mass is 10.3. The van der Waals surface area contributed by atoms with Gasteiger partial charge in [-0.1, -0.05) is 150 Å². The Morgan fingerprint density at radius 3 is 0.683 bits per heavy atom.